The second-order valence-corrected chi connectivity index (χ2v) is 7.86. The fourth-order valence-corrected chi connectivity index (χ4v) is 4.52. The van der Waals surface area contributed by atoms with Gasteiger partial charge in [-0.05, 0) is 73.5 Å². The molecule has 27 heavy (non-hydrogen) atoms. The standard InChI is InChI=1S/C23H31N3O/c1-26(14-11-17-9-10-21-22(15-17)25-13-12-24-21)16-18-5-3-7-20-19(18)6-4-8-23(20)27-2/h4,6,8-10,15,18,24-25H,3,5,7,11-14,16H2,1-2H3. The van der Waals surface area contributed by atoms with Gasteiger partial charge >= 0.3 is 0 Å². The SMILES string of the molecule is COc1cccc2c1CCCC2CN(C)CCc1ccc2c(c1)NCCN2. The summed E-state index contributed by atoms with van der Waals surface area (Å²) in [6.07, 6.45) is 4.77. The zero-order valence-electron chi connectivity index (χ0n) is 16.6. The molecule has 2 aromatic rings. The van der Waals surface area contributed by atoms with Crippen LogP contribution in [-0.2, 0) is 12.8 Å². The van der Waals surface area contributed by atoms with Crippen molar-refractivity contribution in [3.8, 4) is 5.75 Å². The summed E-state index contributed by atoms with van der Waals surface area (Å²) in [6.45, 7) is 4.20. The smallest absolute Gasteiger partial charge is 0.122 e. The minimum Gasteiger partial charge on any atom is -0.496 e. The van der Waals surface area contributed by atoms with E-state index in [1.807, 2.05) is 0 Å². The van der Waals surface area contributed by atoms with E-state index in [2.05, 4.69) is 59.0 Å². The summed E-state index contributed by atoms with van der Waals surface area (Å²) in [6, 6.07) is 13.3. The van der Waals surface area contributed by atoms with Crippen molar-refractivity contribution in [2.75, 3.05) is 51.0 Å². The Kier molecular flexibility index (Phi) is 5.53. The maximum absolute atomic E-state index is 5.59. The van der Waals surface area contributed by atoms with E-state index in [0.717, 1.165) is 44.8 Å². The molecule has 2 aliphatic rings. The fraction of sp³-hybridized carbons (Fsp3) is 0.478. The Balaban J connectivity index is 1.37. The molecular formula is C23H31N3O. The molecule has 1 aliphatic heterocycles. The van der Waals surface area contributed by atoms with Gasteiger partial charge in [0, 0.05) is 26.2 Å². The van der Waals surface area contributed by atoms with E-state index in [9.17, 15) is 0 Å². The van der Waals surface area contributed by atoms with Crippen molar-refractivity contribution < 1.29 is 4.74 Å². The van der Waals surface area contributed by atoms with Gasteiger partial charge in [-0.15, -0.1) is 0 Å². The van der Waals surface area contributed by atoms with E-state index in [4.69, 9.17) is 4.74 Å². The number of nitrogens with one attached hydrogen (secondary N) is 2. The number of hydrogen-bond acceptors (Lipinski definition) is 4. The van der Waals surface area contributed by atoms with Gasteiger partial charge in [0.15, 0.2) is 0 Å². The van der Waals surface area contributed by atoms with Crippen molar-refractivity contribution in [2.24, 2.45) is 0 Å². The van der Waals surface area contributed by atoms with Gasteiger partial charge in [0.25, 0.3) is 0 Å². The molecule has 4 nitrogen and oxygen atoms in total. The largest absolute Gasteiger partial charge is 0.496 e. The molecule has 0 bridgehead atoms. The Morgan fingerprint density at radius 2 is 1.96 bits per heavy atom. The second kappa shape index (κ2) is 8.22. The third-order valence-electron chi connectivity index (χ3n) is 5.96. The van der Waals surface area contributed by atoms with Crippen molar-refractivity contribution in [3.05, 3.63) is 53.1 Å². The first-order chi connectivity index (χ1) is 13.2. The monoisotopic (exact) mass is 365 g/mol. The van der Waals surface area contributed by atoms with Crippen LogP contribution in [0.25, 0.3) is 0 Å². The van der Waals surface area contributed by atoms with Crippen LogP contribution in [0, 0.1) is 0 Å². The van der Waals surface area contributed by atoms with E-state index in [1.54, 1.807) is 7.11 Å². The summed E-state index contributed by atoms with van der Waals surface area (Å²) in [5.74, 6) is 1.68. The van der Waals surface area contributed by atoms with E-state index in [-0.39, 0.29) is 0 Å². The molecule has 144 valence electrons. The van der Waals surface area contributed by atoms with Gasteiger partial charge in [-0.3, -0.25) is 0 Å². The lowest BCUT2D eigenvalue weighted by Gasteiger charge is -2.30. The van der Waals surface area contributed by atoms with Gasteiger partial charge in [0.1, 0.15) is 5.75 Å². The summed E-state index contributed by atoms with van der Waals surface area (Å²) in [5, 5.41) is 6.93. The van der Waals surface area contributed by atoms with Gasteiger partial charge < -0.3 is 20.3 Å². The lowest BCUT2D eigenvalue weighted by molar-refractivity contribution is 0.299. The summed E-state index contributed by atoms with van der Waals surface area (Å²) in [4.78, 5) is 2.49. The predicted octanol–water partition coefficient (Wildman–Crippen LogP) is 4.13. The third-order valence-corrected chi connectivity index (χ3v) is 5.96. The number of rotatable bonds is 6. The topological polar surface area (TPSA) is 36.5 Å². The minimum absolute atomic E-state index is 0.614. The van der Waals surface area contributed by atoms with Gasteiger partial charge in [0.2, 0.25) is 0 Å². The van der Waals surface area contributed by atoms with E-state index >= 15 is 0 Å². The zero-order valence-corrected chi connectivity index (χ0v) is 16.6. The highest BCUT2D eigenvalue weighted by Gasteiger charge is 2.23. The number of nitrogens with zero attached hydrogens (tertiary/aromatic N) is 1. The average molecular weight is 366 g/mol. The molecule has 1 unspecified atom stereocenters. The van der Waals surface area contributed by atoms with Crippen LogP contribution < -0.4 is 15.4 Å². The number of anilines is 2. The Labute approximate surface area is 162 Å². The highest BCUT2D eigenvalue weighted by molar-refractivity contribution is 5.71. The molecule has 1 atom stereocenters. The van der Waals surface area contributed by atoms with Crippen LogP contribution in [0.15, 0.2) is 36.4 Å². The number of methoxy groups -OCH3 is 1. The molecular weight excluding hydrogens is 334 g/mol. The molecule has 2 N–H and O–H groups in total. The Bertz CT molecular complexity index is 789. The molecule has 0 saturated carbocycles. The molecule has 0 spiro atoms. The maximum Gasteiger partial charge on any atom is 0.122 e. The van der Waals surface area contributed by atoms with Crippen molar-refractivity contribution in [1.82, 2.24) is 4.90 Å². The quantitative estimate of drug-likeness (QED) is 0.807. The molecule has 2 aromatic carbocycles. The highest BCUT2D eigenvalue weighted by Crippen LogP contribution is 2.37. The summed E-state index contributed by atoms with van der Waals surface area (Å²) >= 11 is 0. The molecule has 1 heterocycles. The second-order valence-electron chi connectivity index (χ2n) is 7.86. The van der Waals surface area contributed by atoms with Gasteiger partial charge in [0.05, 0.1) is 18.5 Å². The molecule has 1 aliphatic carbocycles. The van der Waals surface area contributed by atoms with Crippen molar-refractivity contribution in [2.45, 2.75) is 31.6 Å². The molecule has 0 saturated heterocycles. The van der Waals surface area contributed by atoms with Crippen molar-refractivity contribution in [1.29, 1.82) is 0 Å². The molecule has 0 radical (unpaired) electrons. The Morgan fingerprint density at radius 3 is 2.81 bits per heavy atom. The molecule has 4 heteroatoms. The number of ether oxygens (including phenoxy) is 1. The third kappa shape index (κ3) is 4.06. The zero-order chi connectivity index (χ0) is 18.6. The normalized spacial score (nSPS) is 18.3. The van der Waals surface area contributed by atoms with Crippen LogP contribution in [0.4, 0.5) is 11.4 Å². The van der Waals surface area contributed by atoms with Crippen LogP contribution in [0.1, 0.15) is 35.4 Å². The van der Waals surface area contributed by atoms with E-state index in [1.165, 1.54) is 40.9 Å². The number of hydrogen-bond donors (Lipinski definition) is 2. The Morgan fingerprint density at radius 1 is 1.11 bits per heavy atom. The van der Waals surface area contributed by atoms with Crippen LogP contribution in [0.5, 0.6) is 5.75 Å². The van der Waals surface area contributed by atoms with Crippen LogP contribution in [0.2, 0.25) is 0 Å². The first kappa shape index (κ1) is 18.2. The Hall–Kier alpha value is -2.20. The summed E-state index contributed by atoms with van der Waals surface area (Å²) < 4.78 is 5.59. The molecule has 0 amide bonds. The van der Waals surface area contributed by atoms with Gasteiger partial charge in [-0.25, -0.2) is 0 Å². The first-order valence-electron chi connectivity index (χ1n) is 10.2. The minimum atomic E-state index is 0.614. The molecule has 0 fully saturated rings. The van der Waals surface area contributed by atoms with Gasteiger partial charge in [-0.2, -0.15) is 0 Å². The van der Waals surface area contributed by atoms with E-state index < -0.39 is 0 Å². The molecule has 0 aromatic heterocycles. The van der Waals surface area contributed by atoms with Crippen molar-refractivity contribution in [3.63, 3.8) is 0 Å². The summed E-state index contributed by atoms with van der Waals surface area (Å²) in [7, 11) is 4.04. The predicted molar refractivity (Wildman–Crippen MR) is 113 cm³/mol. The highest BCUT2D eigenvalue weighted by atomic mass is 16.5. The summed E-state index contributed by atoms with van der Waals surface area (Å²) in [5.41, 5.74) is 6.80. The number of fused-ring (bicyclic) bond motifs is 2. The van der Waals surface area contributed by atoms with Crippen LogP contribution in [0.3, 0.4) is 0 Å². The number of benzene rings is 2. The first-order valence-corrected chi connectivity index (χ1v) is 10.2. The van der Waals surface area contributed by atoms with Crippen LogP contribution >= 0.6 is 0 Å². The van der Waals surface area contributed by atoms with Crippen LogP contribution in [-0.4, -0.2) is 45.2 Å². The lowest BCUT2D eigenvalue weighted by Crippen LogP contribution is -2.28. The van der Waals surface area contributed by atoms with E-state index in [0.29, 0.717) is 5.92 Å². The van der Waals surface area contributed by atoms with Gasteiger partial charge in [-0.1, -0.05) is 18.2 Å². The maximum atomic E-state index is 5.59. The van der Waals surface area contributed by atoms with Crippen molar-refractivity contribution >= 4 is 11.4 Å². The number of likely N-dealkylation sites (N-methyl/N-ethyl adjacent to an activating group) is 1. The molecule has 4 rings (SSSR count). The average Bonchev–Trinajstić information content (AvgIpc) is 2.72. The lowest BCUT2D eigenvalue weighted by atomic mass is 9.82. The fourth-order valence-electron chi connectivity index (χ4n) is 4.52.